The third kappa shape index (κ3) is 5.40. The molecule has 0 spiro atoms. The monoisotopic (exact) mass is 278 g/mol. The number of allylic oxidation sites excluding steroid dienone is 1. The molecule has 0 atom stereocenters. The molecule has 110 valence electrons. The lowest BCUT2D eigenvalue weighted by Crippen LogP contribution is -2.14. The van der Waals surface area contributed by atoms with Crippen molar-refractivity contribution in [1.82, 2.24) is 5.32 Å². The van der Waals surface area contributed by atoms with E-state index in [0.29, 0.717) is 18.9 Å². The number of nitrogens with one attached hydrogen (secondary N) is 1. The maximum atomic E-state index is 11.0. The largest absolute Gasteiger partial charge is 0.487 e. The van der Waals surface area contributed by atoms with Gasteiger partial charge in [-0.3, -0.25) is 10.1 Å². The van der Waals surface area contributed by atoms with Crippen molar-refractivity contribution < 1.29 is 9.66 Å². The summed E-state index contributed by atoms with van der Waals surface area (Å²) in [6, 6.07) is 5.01. The zero-order valence-electron chi connectivity index (χ0n) is 11.9. The minimum atomic E-state index is -0.411. The summed E-state index contributed by atoms with van der Waals surface area (Å²) in [6.07, 6.45) is 4.51. The summed E-state index contributed by atoms with van der Waals surface area (Å²) >= 11 is 0. The van der Waals surface area contributed by atoms with E-state index in [1.54, 1.807) is 12.1 Å². The van der Waals surface area contributed by atoms with Crippen LogP contribution in [0.2, 0.25) is 0 Å². The second-order valence-electron chi connectivity index (χ2n) is 4.52. The van der Waals surface area contributed by atoms with Gasteiger partial charge in [0, 0.05) is 12.6 Å². The van der Waals surface area contributed by atoms with Crippen molar-refractivity contribution >= 4 is 5.69 Å². The standard InChI is InChI=1S/C15H22N2O3/c1-3-5-6-10-20-15-11-13(12-16-9-4-2)7-8-14(15)17(18)19/h3,7-8,11,16H,1,4-6,9-10,12H2,2H3. The van der Waals surface area contributed by atoms with E-state index in [4.69, 9.17) is 4.74 Å². The van der Waals surface area contributed by atoms with Gasteiger partial charge in [0.25, 0.3) is 0 Å². The molecule has 0 heterocycles. The Balaban J connectivity index is 2.71. The van der Waals surface area contributed by atoms with Crippen molar-refractivity contribution in [1.29, 1.82) is 0 Å². The van der Waals surface area contributed by atoms with Crippen LogP contribution < -0.4 is 10.1 Å². The first-order chi connectivity index (χ1) is 9.69. The van der Waals surface area contributed by atoms with Crippen LogP contribution in [-0.2, 0) is 6.54 Å². The Bertz CT molecular complexity index is 447. The summed E-state index contributed by atoms with van der Waals surface area (Å²) in [5, 5.41) is 14.2. The molecule has 0 fully saturated rings. The Kier molecular flexibility index (Phi) is 7.35. The van der Waals surface area contributed by atoms with E-state index in [1.807, 2.05) is 6.08 Å². The average Bonchev–Trinajstić information content (AvgIpc) is 2.44. The molecule has 0 bridgehead atoms. The Morgan fingerprint density at radius 1 is 1.50 bits per heavy atom. The lowest BCUT2D eigenvalue weighted by molar-refractivity contribution is -0.385. The smallest absolute Gasteiger partial charge is 0.310 e. The van der Waals surface area contributed by atoms with Crippen LogP contribution in [0.1, 0.15) is 31.7 Å². The highest BCUT2D eigenvalue weighted by atomic mass is 16.6. The molecule has 0 aromatic heterocycles. The quantitative estimate of drug-likeness (QED) is 0.308. The summed E-state index contributed by atoms with van der Waals surface area (Å²) < 4.78 is 5.53. The highest BCUT2D eigenvalue weighted by Crippen LogP contribution is 2.28. The van der Waals surface area contributed by atoms with E-state index >= 15 is 0 Å². The van der Waals surface area contributed by atoms with Crippen LogP contribution >= 0.6 is 0 Å². The molecule has 0 saturated heterocycles. The molecule has 5 heteroatoms. The number of ether oxygens (including phenoxy) is 1. The van der Waals surface area contributed by atoms with Gasteiger partial charge in [0.15, 0.2) is 5.75 Å². The third-order valence-electron chi connectivity index (χ3n) is 2.79. The zero-order chi connectivity index (χ0) is 14.8. The van der Waals surface area contributed by atoms with E-state index in [1.165, 1.54) is 6.07 Å². The van der Waals surface area contributed by atoms with Crippen LogP contribution in [0.5, 0.6) is 5.75 Å². The predicted octanol–water partition coefficient (Wildman–Crippen LogP) is 3.44. The number of nitrogens with zero attached hydrogens (tertiary/aromatic N) is 1. The highest BCUT2D eigenvalue weighted by Gasteiger charge is 2.15. The van der Waals surface area contributed by atoms with Gasteiger partial charge in [0.1, 0.15) is 0 Å². The molecule has 0 aliphatic heterocycles. The molecule has 20 heavy (non-hydrogen) atoms. The lowest BCUT2D eigenvalue weighted by Gasteiger charge is -2.09. The van der Waals surface area contributed by atoms with Crippen LogP contribution in [0.25, 0.3) is 0 Å². The van der Waals surface area contributed by atoms with Gasteiger partial charge in [-0.2, -0.15) is 0 Å². The fourth-order valence-corrected chi connectivity index (χ4v) is 1.75. The molecule has 0 aliphatic rings. The molecule has 0 unspecified atom stereocenters. The summed E-state index contributed by atoms with van der Waals surface area (Å²) in [7, 11) is 0. The number of hydrogen-bond acceptors (Lipinski definition) is 4. The number of rotatable bonds is 10. The van der Waals surface area contributed by atoms with Gasteiger partial charge in [-0.05, 0) is 37.4 Å². The van der Waals surface area contributed by atoms with Gasteiger partial charge in [-0.25, -0.2) is 0 Å². The number of hydrogen-bond donors (Lipinski definition) is 1. The van der Waals surface area contributed by atoms with Crippen molar-refractivity contribution in [3.8, 4) is 5.75 Å². The number of unbranched alkanes of at least 4 members (excludes halogenated alkanes) is 1. The number of benzene rings is 1. The van der Waals surface area contributed by atoms with Gasteiger partial charge in [-0.15, -0.1) is 6.58 Å². The molecule has 0 aliphatic carbocycles. The molecule has 1 N–H and O–H groups in total. The zero-order valence-corrected chi connectivity index (χ0v) is 11.9. The van der Waals surface area contributed by atoms with Crippen molar-refractivity contribution in [3.63, 3.8) is 0 Å². The maximum Gasteiger partial charge on any atom is 0.310 e. The first-order valence-electron chi connectivity index (χ1n) is 6.90. The van der Waals surface area contributed by atoms with Crippen LogP contribution in [0.15, 0.2) is 30.9 Å². The fraction of sp³-hybridized carbons (Fsp3) is 0.467. The molecule has 1 aromatic carbocycles. The molecule has 5 nitrogen and oxygen atoms in total. The van der Waals surface area contributed by atoms with Crippen molar-refractivity contribution in [2.45, 2.75) is 32.7 Å². The average molecular weight is 278 g/mol. The van der Waals surface area contributed by atoms with Gasteiger partial charge in [-0.1, -0.05) is 19.1 Å². The van der Waals surface area contributed by atoms with Crippen molar-refractivity contribution in [2.75, 3.05) is 13.2 Å². The SMILES string of the molecule is C=CCCCOc1cc(CNCCC)ccc1[N+](=O)[O-]. The van der Waals surface area contributed by atoms with E-state index in [-0.39, 0.29) is 5.69 Å². The third-order valence-corrected chi connectivity index (χ3v) is 2.79. The second-order valence-corrected chi connectivity index (χ2v) is 4.52. The van der Waals surface area contributed by atoms with Crippen LogP contribution in [-0.4, -0.2) is 18.1 Å². The number of nitro benzene ring substituents is 1. The Morgan fingerprint density at radius 2 is 2.30 bits per heavy atom. The van der Waals surface area contributed by atoms with E-state index in [0.717, 1.165) is 31.4 Å². The number of nitro groups is 1. The molecule has 0 radical (unpaired) electrons. The van der Waals surface area contributed by atoms with Crippen LogP contribution in [0.3, 0.4) is 0 Å². The van der Waals surface area contributed by atoms with Crippen molar-refractivity contribution in [2.24, 2.45) is 0 Å². The molecule has 1 rings (SSSR count). The van der Waals surface area contributed by atoms with E-state index < -0.39 is 4.92 Å². The van der Waals surface area contributed by atoms with Gasteiger partial charge < -0.3 is 10.1 Å². The summed E-state index contributed by atoms with van der Waals surface area (Å²) in [4.78, 5) is 10.6. The molecular weight excluding hydrogens is 256 g/mol. The van der Waals surface area contributed by atoms with Crippen LogP contribution in [0.4, 0.5) is 5.69 Å². The summed E-state index contributed by atoms with van der Waals surface area (Å²) in [5.41, 5.74) is 1.01. The predicted molar refractivity (Wildman–Crippen MR) is 80.0 cm³/mol. The Hall–Kier alpha value is -1.88. The first-order valence-corrected chi connectivity index (χ1v) is 6.90. The minimum absolute atomic E-state index is 0.0165. The molecular formula is C15H22N2O3. The fourth-order valence-electron chi connectivity index (χ4n) is 1.75. The highest BCUT2D eigenvalue weighted by molar-refractivity contribution is 5.48. The molecule has 0 amide bonds. The van der Waals surface area contributed by atoms with Crippen molar-refractivity contribution in [3.05, 3.63) is 46.5 Å². The summed E-state index contributed by atoms with van der Waals surface area (Å²) in [5.74, 6) is 0.342. The molecule has 0 saturated carbocycles. The normalized spacial score (nSPS) is 10.2. The van der Waals surface area contributed by atoms with Crippen LogP contribution in [0, 0.1) is 10.1 Å². The Labute approximate surface area is 119 Å². The second kappa shape index (κ2) is 9.09. The van der Waals surface area contributed by atoms with Gasteiger partial charge >= 0.3 is 5.69 Å². The summed E-state index contributed by atoms with van der Waals surface area (Å²) in [6.45, 7) is 7.80. The van der Waals surface area contributed by atoms with Gasteiger partial charge in [0.05, 0.1) is 11.5 Å². The minimum Gasteiger partial charge on any atom is -0.487 e. The lowest BCUT2D eigenvalue weighted by atomic mass is 10.2. The first kappa shape index (κ1) is 16.2. The van der Waals surface area contributed by atoms with E-state index in [2.05, 4.69) is 18.8 Å². The topological polar surface area (TPSA) is 64.4 Å². The molecule has 1 aromatic rings. The van der Waals surface area contributed by atoms with Gasteiger partial charge in [0.2, 0.25) is 0 Å². The Morgan fingerprint density at radius 3 is 2.95 bits per heavy atom. The van der Waals surface area contributed by atoms with E-state index in [9.17, 15) is 10.1 Å². The maximum absolute atomic E-state index is 11.0.